The summed E-state index contributed by atoms with van der Waals surface area (Å²) in [6, 6.07) is 38.6. The number of alkyl carbamates (subject to hydrolysis) is 1. The number of aromatic hydroxyl groups is 1. The van der Waals surface area contributed by atoms with Crippen LogP contribution < -0.4 is 20.9 Å². The highest BCUT2D eigenvalue weighted by atomic mass is 16.6. The van der Waals surface area contributed by atoms with Gasteiger partial charge < -0.3 is 40.0 Å². The second kappa shape index (κ2) is 20.8. The zero-order chi connectivity index (χ0) is 44.4. The number of nitrogens with zero attached hydrogens (tertiary/aromatic N) is 2. The van der Waals surface area contributed by atoms with E-state index in [0.29, 0.717) is 59.9 Å². The number of carbonyl (C=O) groups excluding carboxylic acids is 2. The Morgan fingerprint density at radius 2 is 1.59 bits per heavy atom. The number of pyridine rings is 1. The summed E-state index contributed by atoms with van der Waals surface area (Å²) < 4.78 is 17.8. The number of fused-ring (bicyclic) bond motifs is 4. The van der Waals surface area contributed by atoms with Gasteiger partial charge in [0.25, 0.3) is 0 Å². The van der Waals surface area contributed by atoms with Crippen LogP contribution >= 0.6 is 0 Å². The van der Waals surface area contributed by atoms with Crippen molar-refractivity contribution in [3.05, 3.63) is 177 Å². The number of hydrogen-bond acceptors (Lipinski definition) is 11. The number of aromatic nitrogens is 1. The molecule has 0 spiro atoms. The molecule has 4 heterocycles. The van der Waals surface area contributed by atoms with Crippen LogP contribution in [0.4, 0.5) is 4.79 Å². The third kappa shape index (κ3) is 11.3. The van der Waals surface area contributed by atoms with E-state index in [9.17, 15) is 24.6 Å². The molecule has 0 radical (unpaired) electrons. The number of nitrogens with one attached hydrogen (secondary N) is 3. The van der Waals surface area contributed by atoms with Crippen molar-refractivity contribution in [3.8, 4) is 11.5 Å². The van der Waals surface area contributed by atoms with Crippen LogP contribution in [0.2, 0.25) is 0 Å². The van der Waals surface area contributed by atoms with Gasteiger partial charge in [-0.25, -0.2) is 9.59 Å². The zero-order valence-electron chi connectivity index (χ0n) is 36.0. The number of rotatable bonds is 18. The van der Waals surface area contributed by atoms with E-state index in [1.807, 2.05) is 85.9 Å². The van der Waals surface area contributed by atoms with Crippen molar-refractivity contribution in [2.75, 3.05) is 46.4 Å². The van der Waals surface area contributed by atoms with Gasteiger partial charge in [-0.1, -0.05) is 84.9 Å². The number of hydrogen-bond donors (Lipinski definition) is 5. The van der Waals surface area contributed by atoms with E-state index in [0.717, 1.165) is 60.3 Å². The Labute approximate surface area is 372 Å². The predicted molar refractivity (Wildman–Crippen MR) is 244 cm³/mol. The van der Waals surface area contributed by atoms with Gasteiger partial charge in [0.1, 0.15) is 30.8 Å². The highest BCUT2D eigenvalue weighted by Gasteiger charge is 2.37. The molecule has 1 amide bonds. The van der Waals surface area contributed by atoms with E-state index in [4.69, 9.17) is 14.2 Å². The third-order valence-electron chi connectivity index (χ3n) is 12.2. The van der Waals surface area contributed by atoms with Gasteiger partial charge in [0, 0.05) is 44.2 Å². The van der Waals surface area contributed by atoms with E-state index in [1.54, 1.807) is 24.3 Å². The zero-order valence-corrected chi connectivity index (χ0v) is 36.0. The molecule has 3 aliphatic heterocycles. The quantitative estimate of drug-likeness (QED) is 0.0575. The van der Waals surface area contributed by atoms with Gasteiger partial charge >= 0.3 is 12.1 Å². The van der Waals surface area contributed by atoms with E-state index in [1.165, 1.54) is 12.1 Å². The molecule has 0 aliphatic carbocycles. The molecule has 5 aromatic carbocycles. The van der Waals surface area contributed by atoms with Gasteiger partial charge in [0.15, 0.2) is 0 Å². The number of aliphatic hydroxyl groups is 1. The minimum atomic E-state index is -0.839. The van der Waals surface area contributed by atoms with Crippen molar-refractivity contribution >= 4 is 23.0 Å². The molecule has 9 rings (SSSR count). The molecule has 3 fully saturated rings. The molecule has 5 N–H and O–H groups in total. The summed E-state index contributed by atoms with van der Waals surface area (Å²) in [6.45, 7) is 5.54. The molecule has 3 saturated heterocycles. The van der Waals surface area contributed by atoms with Crippen molar-refractivity contribution in [3.63, 3.8) is 0 Å². The minimum absolute atomic E-state index is 0.0447. The van der Waals surface area contributed by atoms with Crippen LogP contribution in [0, 0.1) is 5.92 Å². The monoisotopic (exact) mass is 865 g/mol. The first kappa shape index (κ1) is 44.1. The summed E-state index contributed by atoms with van der Waals surface area (Å²) in [6.07, 6.45) is 0.786. The molecule has 3 atom stereocenters. The Kier molecular flexibility index (Phi) is 14.3. The second-order valence-corrected chi connectivity index (χ2v) is 16.7. The van der Waals surface area contributed by atoms with Gasteiger partial charge in [-0.15, -0.1) is 0 Å². The van der Waals surface area contributed by atoms with Crippen LogP contribution in [-0.4, -0.2) is 89.5 Å². The number of H-pyrrole nitrogens is 1. The molecule has 3 aliphatic rings. The fraction of sp³-hybridized carbons (Fsp3) is 0.314. The van der Waals surface area contributed by atoms with Gasteiger partial charge in [-0.2, -0.15) is 0 Å². The Balaban J connectivity index is 0.758. The van der Waals surface area contributed by atoms with E-state index in [-0.39, 0.29) is 30.6 Å². The number of ether oxygens (including phenoxy) is 3. The van der Waals surface area contributed by atoms with Gasteiger partial charge in [0.2, 0.25) is 5.56 Å². The maximum atomic E-state index is 13.2. The number of phenolic OH excluding ortho intramolecular Hbond substituents is 1. The molecule has 0 saturated carbocycles. The normalized spacial score (nSPS) is 17.8. The standard InChI is InChI=1S/C51H55N5O8/c1-55(31-35-12-10-34(11-13-35)29-52-30-45(58)42-18-20-44(57)49-43(42)19-21-47(59)53-49)26-27-62-50(60)39-16-14-36(15-17-39)33-63-41-9-5-8-40(28-41)48(38-6-3-2-4-7-38)54-51(61)64-46-32-56-24-22-37(46)23-25-56/h2-21,28,37,45-46,48,52,57-58H,22-27,29-33H2,1H3,(H,53,59)(H,54,61)/t45-,46+,48?/m1/s1. The predicted octanol–water partition coefficient (Wildman–Crippen LogP) is 6.83. The highest BCUT2D eigenvalue weighted by molar-refractivity contribution is 5.89. The summed E-state index contributed by atoms with van der Waals surface area (Å²) in [7, 11) is 1.98. The van der Waals surface area contributed by atoms with Crippen LogP contribution in [0.25, 0.3) is 10.9 Å². The number of carbonyl (C=O) groups is 2. The number of phenols is 1. The topological polar surface area (TPSA) is 166 Å². The number of amides is 1. The fourth-order valence-electron chi connectivity index (χ4n) is 8.57. The minimum Gasteiger partial charge on any atom is -0.506 e. The van der Waals surface area contributed by atoms with Gasteiger partial charge in [-0.05, 0) is 109 Å². The van der Waals surface area contributed by atoms with E-state index in [2.05, 4.69) is 37.6 Å². The molecule has 2 bridgehead atoms. The van der Waals surface area contributed by atoms with Crippen molar-refractivity contribution in [1.29, 1.82) is 0 Å². The van der Waals surface area contributed by atoms with Crippen LogP contribution in [0.5, 0.6) is 11.5 Å². The van der Waals surface area contributed by atoms with Crippen molar-refractivity contribution in [1.82, 2.24) is 25.4 Å². The van der Waals surface area contributed by atoms with Crippen molar-refractivity contribution in [2.24, 2.45) is 5.92 Å². The molecule has 13 heteroatoms. The molecule has 64 heavy (non-hydrogen) atoms. The Morgan fingerprint density at radius 3 is 2.34 bits per heavy atom. The van der Waals surface area contributed by atoms with Crippen LogP contribution in [0.15, 0.2) is 132 Å². The maximum Gasteiger partial charge on any atom is 0.408 e. The Hall–Kier alpha value is -6.51. The number of aliphatic hydroxyl groups excluding tert-OH is 1. The van der Waals surface area contributed by atoms with Crippen LogP contribution in [-0.2, 0) is 29.2 Å². The van der Waals surface area contributed by atoms with Gasteiger partial charge in [0.05, 0.1) is 23.2 Å². The van der Waals surface area contributed by atoms with Crippen molar-refractivity contribution < 1.29 is 34.0 Å². The first-order valence-electron chi connectivity index (χ1n) is 21.9. The number of likely N-dealkylation sites (N-methyl/N-ethyl adjacent to an activating group) is 1. The molecule has 1 aromatic heterocycles. The lowest BCUT2D eigenvalue weighted by Gasteiger charge is -2.43. The average Bonchev–Trinajstić information content (AvgIpc) is 3.32. The maximum absolute atomic E-state index is 13.2. The number of piperidine rings is 3. The summed E-state index contributed by atoms with van der Waals surface area (Å²) in [5, 5.41) is 28.0. The first-order valence-corrected chi connectivity index (χ1v) is 21.9. The summed E-state index contributed by atoms with van der Waals surface area (Å²) in [5.41, 5.74) is 5.92. The van der Waals surface area contributed by atoms with Crippen molar-refractivity contribution in [2.45, 2.75) is 50.8 Å². The molecule has 1 unspecified atom stereocenters. The second-order valence-electron chi connectivity index (χ2n) is 16.7. The Bertz CT molecular complexity index is 2560. The van der Waals surface area contributed by atoms with Crippen LogP contribution in [0.1, 0.15) is 68.7 Å². The summed E-state index contributed by atoms with van der Waals surface area (Å²) in [4.78, 5) is 44.9. The molecule has 6 aromatic rings. The summed E-state index contributed by atoms with van der Waals surface area (Å²) in [5.74, 6) is 0.635. The SMILES string of the molecule is CN(CCOC(=O)c1ccc(COc2cccc(C(NC(=O)O[C@H]3CN4CCC3CC4)c3ccccc3)c2)cc1)Cc1ccc(CNC[C@@H](O)c2ccc(O)c3[nH]c(=O)ccc23)cc1. The fourth-order valence-corrected chi connectivity index (χ4v) is 8.57. The largest absolute Gasteiger partial charge is 0.506 e. The number of aromatic amines is 1. The van der Waals surface area contributed by atoms with E-state index < -0.39 is 24.2 Å². The molecule has 13 nitrogen and oxygen atoms in total. The third-order valence-corrected chi connectivity index (χ3v) is 12.2. The van der Waals surface area contributed by atoms with E-state index >= 15 is 0 Å². The lowest BCUT2D eigenvalue weighted by molar-refractivity contribution is -0.0336. The molecule has 332 valence electrons. The lowest BCUT2D eigenvalue weighted by atomic mass is 9.86. The highest BCUT2D eigenvalue weighted by Crippen LogP contribution is 2.32. The number of esters is 1. The Morgan fingerprint density at radius 1 is 0.859 bits per heavy atom. The van der Waals surface area contributed by atoms with Gasteiger partial charge in [-0.3, -0.25) is 14.6 Å². The van der Waals surface area contributed by atoms with Crippen LogP contribution in [0.3, 0.4) is 0 Å². The molecular weight excluding hydrogens is 811 g/mol. The lowest BCUT2D eigenvalue weighted by Crippen LogP contribution is -2.52. The molecular formula is C51H55N5O8. The smallest absolute Gasteiger partial charge is 0.408 e. The summed E-state index contributed by atoms with van der Waals surface area (Å²) >= 11 is 0. The number of benzene rings is 5. The average molecular weight is 866 g/mol. The first-order chi connectivity index (χ1) is 31.1.